The highest BCUT2D eigenvalue weighted by molar-refractivity contribution is 7.07. The van der Waals surface area contributed by atoms with Gasteiger partial charge in [0, 0.05) is 6.92 Å². The number of thiazole rings is 1. The van der Waals surface area contributed by atoms with Crippen LogP contribution in [0.5, 0.6) is 17.2 Å². The molecule has 0 bridgehead atoms. The fourth-order valence-corrected chi connectivity index (χ4v) is 5.38. The van der Waals surface area contributed by atoms with E-state index in [4.69, 9.17) is 18.9 Å². The van der Waals surface area contributed by atoms with Gasteiger partial charge in [-0.3, -0.25) is 14.2 Å². The molecule has 2 aromatic carbocycles. The highest BCUT2D eigenvalue weighted by Gasteiger charge is 2.34. The summed E-state index contributed by atoms with van der Waals surface area (Å²) in [5.74, 6) is 0.482. The van der Waals surface area contributed by atoms with Gasteiger partial charge >= 0.3 is 11.9 Å². The van der Waals surface area contributed by atoms with Gasteiger partial charge in [0.25, 0.3) is 5.56 Å². The summed E-state index contributed by atoms with van der Waals surface area (Å²) in [4.78, 5) is 43.4. The highest BCUT2D eigenvalue weighted by atomic mass is 32.1. The van der Waals surface area contributed by atoms with Crippen LogP contribution >= 0.6 is 11.3 Å². The van der Waals surface area contributed by atoms with E-state index in [2.05, 4.69) is 4.99 Å². The van der Waals surface area contributed by atoms with Crippen LogP contribution in [0.25, 0.3) is 6.08 Å². The number of rotatable bonds is 9. The van der Waals surface area contributed by atoms with Gasteiger partial charge in [-0.05, 0) is 69.2 Å². The lowest BCUT2D eigenvalue weighted by atomic mass is 9.95. The van der Waals surface area contributed by atoms with E-state index in [1.807, 2.05) is 19.9 Å². The van der Waals surface area contributed by atoms with Crippen LogP contribution < -0.4 is 29.1 Å². The molecule has 1 aliphatic rings. The van der Waals surface area contributed by atoms with Crippen LogP contribution in [0.3, 0.4) is 0 Å². The van der Waals surface area contributed by atoms with Crippen molar-refractivity contribution in [3.8, 4) is 17.2 Å². The monoisotopic (exact) mass is 550 g/mol. The van der Waals surface area contributed by atoms with E-state index in [9.17, 15) is 14.4 Å². The Hall–Kier alpha value is -4.18. The molecule has 0 fully saturated rings. The Kier molecular flexibility index (Phi) is 8.65. The van der Waals surface area contributed by atoms with Crippen LogP contribution in [-0.2, 0) is 14.3 Å². The number of hydrogen-bond acceptors (Lipinski definition) is 9. The Morgan fingerprint density at radius 3 is 2.46 bits per heavy atom. The molecule has 4 rings (SSSR count). The van der Waals surface area contributed by atoms with Crippen LogP contribution in [0.2, 0.25) is 0 Å². The molecule has 2 heterocycles. The second kappa shape index (κ2) is 12.1. The van der Waals surface area contributed by atoms with Gasteiger partial charge in [-0.1, -0.05) is 29.5 Å². The van der Waals surface area contributed by atoms with E-state index in [0.717, 1.165) is 0 Å². The number of fused-ring (bicyclic) bond motifs is 1. The Morgan fingerprint density at radius 2 is 1.77 bits per heavy atom. The van der Waals surface area contributed by atoms with E-state index in [-0.39, 0.29) is 17.7 Å². The van der Waals surface area contributed by atoms with Gasteiger partial charge in [-0.2, -0.15) is 0 Å². The number of hydrogen-bond donors (Lipinski definition) is 0. The molecule has 39 heavy (non-hydrogen) atoms. The summed E-state index contributed by atoms with van der Waals surface area (Å²) in [5, 5.41) is 0. The van der Waals surface area contributed by atoms with E-state index < -0.39 is 18.0 Å². The van der Waals surface area contributed by atoms with Crippen molar-refractivity contribution in [2.24, 2.45) is 4.99 Å². The number of ether oxygens (including phenoxy) is 4. The molecular formula is C29H30N2O7S. The second-order valence-corrected chi connectivity index (χ2v) is 9.55. The molecule has 0 aliphatic carbocycles. The SMILES string of the molecule is CCOC(=O)C1=C(C)N=c2sc(=Cc3cccc(OC(C)=O)c3)c(=O)n2C1c1ccc(OCC)c(OCC)c1. The topological polar surface area (TPSA) is 105 Å². The van der Waals surface area contributed by atoms with Gasteiger partial charge in [0.1, 0.15) is 5.75 Å². The molecule has 1 aliphatic heterocycles. The molecule has 10 heteroatoms. The molecule has 1 atom stereocenters. The highest BCUT2D eigenvalue weighted by Crippen LogP contribution is 2.36. The Morgan fingerprint density at radius 1 is 1.03 bits per heavy atom. The van der Waals surface area contributed by atoms with Crippen LogP contribution in [0.1, 0.15) is 51.8 Å². The molecule has 204 valence electrons. The number of aromatic nitrogens is 1. The minimum absolute atomic E-state index is 0.179. The minimum Gasteiger partial charge on any atom is -0.490 e. The van der Waals surface area contributed by atoms with Crippen molar-refractivity contribution in [3.63, 3.8) is 0 Å². The van der Waals surface area contributed by atoms with E-state index in [0.29, 0.717) is 56.6 Å². The summed E-state index contributed by atoms with van der Waals surface area (Å²) in [6.45, 7) is 9.59. The third-order valence-corrected chi connectivity index (χ3v) is 6.80. The van der Waals surface area contributed by atoms with Gasteiger partial charge in [0.2, 0.25) is 0 Å². The zero-order chi connectivity index (χ0) is 28.1. The first-order valence-electron chi connectivity index (χ1n) is 12.6. The molecule has 1 aromatic heterocycles. The Bertz CT molecular complexity index is 1620. The molecule has 0 N–H and O–H groups in total. The largest absolute Gasteiger partial charge is 0.490 e. The fourth-order valence-electron chi connectivity index (χ4n) is 4.33. The fraction of sp³-hybridized carbons (Fsp3) is 0.310. The first-order valence-corrected chi connectivity index (χ1v) is 13.5. The maximum absolute atomic E-state index is 13.8. The van der Waals surface area contributed by atoms with Gasteiger partial charge in [0.05, 0.1) is 41.7 Å². The summed E-state index contributed by atoms with van der Waals surface area (Å²) in [6.07, 6.45) is 1.71. The maximum atomic E-state index is 13.8. The van der Waals surface area contributed by atoms with E-state index in [1.165, 1.54) is 22.8 Å². The average Bonchev–Trinajstić information content (AvgIpc) is 3.18. The second-order valence-electron chi connectivity index (χ2n) is 8.54. The van der Waals surface area contributed by atoms with Crippen molar-refractivity contribution in [3.05, 3.63) is 84.5 Å². The van der Waals surface area contributed by atoms with Crippen molar-refractivity contribution in [2.75, 3.05) is 19.8 Å². The molecule has 0 radical (unpaired) electrons. The summed E-state index contributed by atoms with van der Waals surface area (Å²) >= 11 is 1.21. The first kappa shape index (κ1) is 27.8. The zero-order valence-electron chi connectivity index (χ0n) is 22.5. The van der Waals surface area contributed by atoms with Gasteiger partial charge in [0.15, 0.2) is 16.3 Å². The standard InChI is InChI=1S/C29H30N2O7S/c1-6-35-22-13-12-20(16-23(22)36-7-2)26-25(28(34)37-8-3)17(4)30-29-31(26)27(33)24(39-29)15-19-10-9-11-21(14-19)38-18(5)32/h9-16,26H,6-8H2,1-5H3. The van der Waals surface area contributed by atoms with Crippen molar-refractivity contribution in [1.82, 2.24) is 4.57 Å². The van der Waals surface area contributed by atoms with Crippen molar-refractivity contribution in [1.29, 1.82) is 0 Å². The van der Waals surface area contributed by atoms with E-state index >= 15 is 0 Å². The quantitative estimate of drug-likeness (QED) is 0.297. The van der Waals surface area contributed by atoms with Crippen LogP contribution in [0.4, 0.5) is 0 Å². The first-order chi connectivity index (χ1) is 18.8. The van der Waals surface area contributed by atoms with E-state index in [1.54, 1.807) is 56.3 Å². The molecule has 0 saturated heterocycles. The van der Waals surface area contributed by atoms with Crippen LogP contribution in [0.15, 0.2) is 63.5 Å². The van der Waals surface area contributed by atoms with Crippen molar-refractivity contribution in [2.45, 2.75) is 40.7 Å². The molecule has 0 amide bonds. The third kappa shape index (κ3) is 5.96. The zero-order valence-corrected chi connectivity index (χ0v) is 23.3. The summed E-state index contributed by atoms with van der Waals surface area (Å²) in [7, 11) is 0. The molecular weight excluding hydrogens is 520 g/mol. The number of carbonyl (C=O) groups is 2. The van der Waals surface area contributed by atoms with Gasteiger partial charge in [-0.25, -0.2) is 9.79 Å². The molecule has 3 aromatic rings. The van der Waals surface area contributed by atoms with Gasteiger partial charge < -0.3 is 18.9 Å². The Labute approximate surface area is 229 Å². The Balaban J connectivity index is 1.92. The molecule has 0 spiro atoms. The smallest absolute Gasteiger partial charge is 0.338 e. The van der Waals surface area contributed by atoms with Gasteiger partial charge in [-0.15, -0.1) is 0 Å². The molecule has 9 nitrogen and oxygen atoms in total. The summed E-state index contributed by atoms with van der Waals surface area (Å²) in [6, 6.07) is 11.5. The lowest BCUT2D eigenvalue weighted by Crippen LogP contribution is -2.40. The normalized spacial score (nSPS) is 14.9. The molecule has 0 saturated carbocycles. The van der Waals surface area contributed by atoms with Crippen LogP contribution in [-0.4, -0.2) is 36.3 Å². The number of nitrogens with zero attached hydrogens (tertiary/aromatic N) is 2. The molecule has 1 unspecified atom stereocenters. The predicted octanol–water partition coefficient (Wildman–Crippen LogP) is 3.52. The van der Waals surface area contributed by atoms with Crippen LogP contribution in [0, 0.1) is 0 Å². The summed E-state index contributed by atoms with van der Waals surface area (Å²) < 4.78 is 24.0. The third-order valence-electron chi connectivity index (χ3n) is 5.82. The lowest BCUT2D eigenvalue weighted by Gasteiger charge is -2.25. The van der Waals surface area contributed by atoms with Crippen molar-refractivity contribution >= 4 is 29.4 Å². The maximum Gasteiger partial charge on any atom is 0.338 e. The number of benzene rings is 2. The predicted molar refractivity (Wildman–Crippen MR) is 147 cm³/mol. The minimum atomic E-state index is -0.787. The number of esters is 2. The number of allylic oxidation sites excluding steroid dienone is 1. The lowest BCUT2D eigenvalue weighted by molar-refractivity contribution is -0.139. The number of carbonyl (C=O) groups excluding carboxylic acids is 2. The summed E-state index contributed by atoms with van der Waals surface area (Å²) in [5.41, 5.74) is 1.76. The average molecular weight is 551 g/mol. The van der Waals surface area contributed by atoms with Crippen molar-refractivity contribution < 1.29 is 28.5 Å².